The van der Waals surface area contributed by atoms with Crippen LogP contribution in [0.4, 0.5) is 0 Å². The number of carbonyl (C=O) groups excluding carboxylic acids is 3. The summed E-state index contributed by atoms with van der Waals surface area (Å²) < 4.78 is 10.3. The highest BCUT2D eigenvalue weighted by molar-refractivity contribution is 5.89. The van der Waals surface area contributed by atoms with Gasteiger partial charge in [0.05, 0.1) is 6.54 Å². The first-order valence-corrected chi connectivity index (χ1v) is 9.88. The van der Waals surface area contributed by atoms with E-state index in [0.29, 0.717) is 6.42 Å². The molecule has 26 heavy (non-hydrogen) atoms. The maximum atomic E-state index is 12.4. The molecule has 1 aliphatic carbocycles. The molecule has 148 valence electrons. The molecule has 2 fully saturated rings. The monoisotopic (exact) mass is 368 g/mol. The second-order valence-electron chi connectivity index (χ2n) is 7.50. The van der Waals surface area contributed by atoms with Crippen molar-refractivity contribution in [2.45, 2.75) is 95.9 Å². The van der Waals surface area contributed by atoms with Crippen LogP contribution in [0, 0.1) is 0 Å². The Hall–Kier alpha value is -1.47. The molecule has 2 unspecified atom stereocenters. The highest BCUT2D eigenvalue weighted by Gasteiger charge is 2.42. The van der Waals surface area contributed by atoms with E-state index in [4.69, 9.17) is 15.2 Å². The number of hydrogen-bond donors (Lipinski definition) is 1. The van der Waals surface area contributed by atoms with E-state index in [1.807, 2.05) is 4.90 Å². The van der Waals surface area contributed by atoms with Gasteiger partial charge in [-0.05, 0) is 32.6 Å². The standard InChI is InChI=1S/C19H32N2O5/c1-3-4-5-10-15-11-16(19(24)25-15)21(14-8-6-7-9-14)12-17(22)26-18(23)13(2)20/h13-16H,3-12,20H2,1-2H3/t13-,15?,16?/m0/s1. The molecule has 0 bridgehead atoms. The van der Waals surface area contributed by atoms with Crippen LogP contribution >= 0.6 is 0 Å². The van der Waals surface area contributed by atoms with Crippen LogP contribution in [0.25, 0.3) is 0 Å². The molecule has 0 aromatic rings. The van der Waals surface area contributed by atoms with E-state index >= 15 is 0 Å². The molecule has 0 spiro atoms. The molecule has 0 aromatic heterocycles. The predicted octanol–water partition coefficient (Wildman–Crippen LogP) is 1.91. The van der Waals surface area contributed by atoms with E-state index in [1.165, 1.54) is 6.92 Å². The molecule has 3 atom stereocenters. The summed E-state index contributed by atoms with van der Waals surface area (Å²) in [6, 6.07) is -1.12. The number of carbonyl (C=O) groups is 3. The van der Waals surface area contributed by atoms with Crippen molar-refractivity contribution in [1.29, 1.82) is 0 Å². The third-order valence-electron chi connectivity index (χ3n) is 5.26. The van der Waals surface area contributed by atoms with E-state index in [2.05, 4.69) is 6.92 Å². The largest absolute Gasteiger partial charge is 0.461 e. The van der Waals surface area contributed by atoms with Crippen molar-refractivity contribution in [1.82, 2.24) is 4.90 Å². The number of cyclic esters (lactones) is 1. The van der Waals surface area contributed by atoms with Gasteiger partial charge in [0.15, 0.2) is 0 Å². The lowest BCUT2D eigenvalue weighted by molar-refractivity contribution is -0.162. The quantitative estimate of drug-likeness (QED) is 0.377. The summed E-state index contributed by atoms with van der Waals surface area (Å²) in [4.78, 5) is 38.1. The molecule has 2 N–H and O–H groups in total. The van der Waals surface area contributed by atoms with Gasteiger partial charge < -0.3 is 15.2 Å². The summed E-state index contributed by atoms with van der Waals surface area (Å²) in [6.45, 7) is 3.53. The van der Waals surface area contributed by atoms with Gasteiger partial charge in [-0.15, -0.1) is 0 Å². The number of esters is 3. The Morgan fingerprint density at radius 3 is 2.62 bits per heavy atom. The zero-order valence-corrected chi connectivity index (χ0v) is 15.9. The third kappa shape index (κ3) is 5.77. The van der Waals surface area contributed by atoms with Crippen molar-refractivity contribution >= 4 is 17.9 Å². The van der Waals surface area contributed by atoms with Gasteiger partial charge in [0.25, 0.3) is 0 Å². The fourth-order valence-corrected chi connectivity index (χ4v) is 3.82. The number of rotatable bonds is 9. The molecule has 0 radical (unpaired) electrons. The van der Waals surface area contributed by atoms with Crippen LogP contribution < -0.4 is 5.73 Å². The molecule has 7 nitrogen and oxygen atoms in total. The summed E-state index contributed by atoms with van der Waals surface area (Å²) in [7, 11) is 0. The first-order chi connectivity index (χ1) is 12.4. The zero-order valence-electron chi connectivity index (χ0n) is 15.9. The topological polar surface area (TPSA) is 98.9 Å². The fraction of sp³-hybridized carbons (Fsp3) is 0.842. The van der Waals surface area contributed by atoms with E-state index < -0.39 is 24.0 Å². The van der Waals surface area contributed by atoms with Crippen molar-refractivity contribution in [2.75, 3.05) is 6.54 Å². The van der Waals surface area contributed by atoms with Crippen LogP contribution in [0.3, 0.4) is 0 Å². The molecule has 1 saturated heterocycles. The minimum absolute atomic E-state index is 0.0788. The van der Waals surface area contributed by atoms with Crippen LogP contribution in [0.2, 0.25) is 0 Å². The number of hydrogen-bond acceptors (Lipinski definition) is 7. The molecule has 0 amide bonds. The Kier molecular flexibility index (Phi) is 8.03. The SMILES string of the molecule is CCCCCC1CC(N(CC(=O)OC(=O)[C@H](C)N)C2CCCC2)C(=O)O1. The van der Waals surface area contributed by atoms with E-state index in [0.717, 1.165) is 51.4 Å². The number of nitrogens with zero attached hydrogens (tertiary/aromatic N) is 1. The van der Waals surface area contributed by atoms with Crippen molar-refractivity contribution in [2.24, 2.45) is 5.73 Å². The Bertz CT molecular complexity index is 502. The van der Waals surface area contributed by atoms with Crippen molar-refractivity contribution < 1.29 is 23.9 Å². The molecule has 2 rings (SSSR count). The van der Waals surface area contributed by atoms with Gasteiger partial charge in [0.1, 0.15) is 18.2 Å². The third-order valence-corrected chi connectivity index (χ3v) is 5.26. The normalized spacial score (nSPS) is 24.7. The summed E-state index contributed by atoms with van der Waals surface area (Å²) in [5.74, 6) is -1.65. The Morgan fingerprint density at radius 2 is 2.00 bits per heavy atom. The van der Waals surface area contributed by atoms with Gasteiger partial charge in [-0.3, -0.25) is 14.5 Å². The van der Waals surface area contributed by atoms with Gasteiger partial charge in [-0.25, -0.2) is 4.79 Å². The summed E-state index contributed by atoms with van der Waals surface area (Å²) in [5, 5.41) is 0. The maximum Gasteiger partial charge on any atom is 0.330 e. The number of nitrogens with two attached hydrogens (primary N) is 1. The second-order valence-corrected chi connectivity index (χ2v) is 7.50. The Balaban J connectivity index is 1.99. The molecule has 7 heteroatoms. The summed E-state index contributed by atoms with van der Waals surface area (Å²) in [5.41, 5.74) is 5.44. The number of unbranched alkanes of at least 4 members (excludes halogenated alkanes) is 2. The fourth-order valence-electron chi connectivity index (χ4n) is 3.82. The van der Waals surface area contributed by atoms with Crippen molar-refractivity contribution in [3.8, 4) is 0 Å². The highest BCUT2D eigenvalue weighted by atomic mass is 16.6. The first-order valence-electron chi connectivity index (χ1n) is 9.88. The van der Waals surface area contributed by atoms with Gasteiger partial charge in [0, 0.05) is 12.5 Å². The smallest absolute Gasteiger partial charge is 0.330 e. The average molecular weight is 368 g/mol. The van der Waals surface area contributed by atoms with Crippen molar-refractivity contribution in [3.63, 3.8) is 0 Å². The van der Waals surface area contributed by atoms with E-state index in [9.17, 15) is 14.4 Å². The van der Waals surface area contributed by atoms with Crippen LogP contribution in [0.15, 0.2) is 0 Å². The van der Waals surface area contributed by atoms with Crippen LogP contribution in [-0.4, -0.2) is 53.6 Å². The van der Waals surface area contributed by atoms with Gasteiger partial charge in [0.2, 0.25) is 0 Å². The number of ether oxygens (including phenoxy) is 2. The Morgan fingerprint density at radius 1 is 1.31 bits per heavy atom. The van der Waals surface area contributed by atoms with Crippen LogP contribution in [-0.2, 0) is 23.9 Å². The maximum absolute atomic E-state index is 12.4. The summed E-state index contributed by atoms with van der Waals surface area (Å²) >= 11 is 0. The highest BCUT2D eigenvalue weighted by Crippen LogP contribution is 2.31. The minimum Gasteiger partial charge on any atom is -0.461 e. The van der Waals surface area contributed by atoms with Gasteiger partial charge in [-0.2, -0.15) is 0 Å². The molecule has 2 aliphatic rings. The zero-order chi connectivity index (χ0) is 19.1. The van der Waals surface area contributed by atoms with Gasteiger partial charge >= 0.3 is 17.9 Å². The molecular weight excluding hydrogens is 336 g/mol. The van der Waals surface area contributed by atoms with Crippen LogP contribution in [0.5, 0.6) is 0 Å². The first kappa shape index (κ1) is 20.8. The lowest BCUT2D eigenvalue weighted by atomic mass is 10.0. The Labute approximate surface area is 155 Å². The van der Waals surface area contributed by atoms with Crippen LogP contribution in [0.1, 0.15) is 71.6 Å². The van der Waals surface area contributed by atoms with E-state index in [1.54, 1.807) is 0 Å². The predicted molar refractivity (Wildman–Crippen MR) is 96.1 cm³/mol. The van der Waals surface area contributed by atoms with E-state index in [-0.39, 0.29) is 24.7 Å². The average Bonchev–Trinajstić information content (AvgIpc) is 3.23. The second kappa shape index (κ2) is 10.0. The summed E-state index contributed by atoms with van der Waals surface area (Å²) in [6.07, 6.45) is 8.72. The van der Waals surface area contributed by atoms with Gasteiger partial charge in [-0.1, -0.05) is 32.6 Å². The molecule has 1 heterocycles. The molecule has 1 aliphatic heterocycles. The van der Waals surface area contributed by atoms with Crippen molar-refractivity contribution in [3.05, 3.63) is 0 Å². The molecule has 1 saturated carbocycles. The minimum atomic E-state index is -0.849. The lowest BCUT2D eigenvalue weighted by Crippen LogP contribution is -2.48. The molecular formula is C19H32N2O5. The molecule has 0 aromatic carbocycles. The lowest BCUT2D eigenvalue weighted by Gasteiger charge is -2.31.